The Bertz CT molecular complexity index is 1230. The van der Waals surface area contributed by atoms with Gasteiger partial charge in [-0.15, -0.1) is 0 Å². The second-order valence-corrected chi connectivity index (χ2v) is 6.97. The molecule has 4 nitrogen and oxygen atoms in total. The Morgan fingerprint density at radius 3 is 2.07 bits per heavy atom. The molecule has 4 heteroatoms. The van der Waals surface area contributed by atoms with Crippen LogP contribution in [-0.2, 0) is 0 Å². The van der Waals surface area contributed by atoms with Crippen LogP contribution in [0.15, 0.2) is 89.7 Å². The van der Waals surface area contributed by atoms with Crippen molar-refractivity contribution < 1.29 is 9.47 Å². The van der Waals surface area contributed by atoms with Gasteiger partial charge in [0.15, 0.2) is 5.43 Å². The van der Waals surface area contributed by atoms with Gasteiger partial charge in [-0.05, 0) is 42.8 Å². The number of nitrogens with zero attached hydrogens (tertiary/aromatic N) is 1. The van der Waals surface area contributed by atoms with E-state index in [-0.39, 0.29) is 5.43 Å². The molecular formula is C26H23NO3. The van der Waals surface area contributed by atoms with E-state index in [1.165, 1.54) is 0 Å². The molecule has 0 spiro atoms. The summed E-state index contributed by atoms with van der Waals surface area (Å²) in [7, 11) is 3.26. The Balaban J connectivity index is 2.17. The molecule has 30 heavy (non-hydrogen) atoms. The predicted octanol–water partition coefficient (Wildman–Crippen LogP) is 5.50. The van der Waals surface area contributed by atoms with E-state index in [0.29, 0.717) is 17.1 Å². The van der Waals surface area contributed by atoms with E-state index in [1.807, 2.05) is 85.8 Å². The summed E-state index contributed by atoms with van der Waals surface area (Å²) in [5.74, 6) is 1.37. The fraction of sp³-hybridized carbons (Fsp3) is 0.115. The van der Waals surface area contributed by atoms with Gasteiger partial charge in [-0.3, -0.25) is 4.79 Å². The first-order valence-corrected chi connectivity index (χ1v) is 9.74. The first-order valence-electron chi connectivity index (χ1n) is 9.74. The highest BCUT2D eigenvalue weighted by Crippen LogP contribution is 2.38. The highest BCUT2D eigenvalue weighted by molar-refractivity contribution is 5.77. The standard InChI is InChI=1S/C26H23NO3/c1-18-24(28)17-23(19-10-6-4-7-11-19)27(20-12-8-5-9-13-20)26(18)22-16-21(29-2)14-15-25(22)30-3/h4-17H,1-3H3. The van der Waals surface area contributed by atoms with E-state index >= 15 is 0 Å². The number of hydrogen-bond donors (Lipinski definition) is 0. The molecule has 0 saturated carbocycles. The van der Waals surface area contributed by atoms with Gasteiger partial charge < -0.3 is 14.0 Å². The summed E-state index contributed by atoms with van der Waals surface area (Å²) in [6, 6.07) is 27.3. The Labute approximate surface area is 176 Å². The third-order valence-electron chi connectivity index (χ3n) is 5.20. The average Bonchev–Trinajstić information content (AvgIpc) is 2.81. The maximum absolute atomic E-state index is 13.1. The van der Waals surface area contributed by atoms with Crippen molar-refractivity contribution in [2.75, 3.05) is 14.2 Å². The minimum Gasteiger partial charge on any atom is -0.497 e. The van der Waals surface area contributed by atoms with E-state index in [1.54, 1.807) is 20.3 Å². The molecule has 0 fully saturated rings. The lowest BCUT2D eigenvalue weighted by atomic mass is 10.0. The fourth-order valence-electron chi connectivity index (χ4n) is 3.69. The summed E-state index contributed by atoms with van der Waals surface area (Å²) < 4.78 is 13.2. The lowest BCUT2D eigenvalue weighted by Crippen LogP contribution is -2.16. The highest BCUT2D eigenvalue weighted by Gasteiger charge is 2.20. The van der Waals surface area contributed by atoms with Crippen molar-refractivity contribution in [3.63, 3.8) is 0 Å². The summed E-state index contributed by atoms with van der Waals surface area (Å²) >= 11 is 0. The van der Waals surface area contributed by atoms with E-state index in [2.05, 4.69) is 4.57 Å². The lowest BCUT2D eigenvalue weighted by Gasteiger charge is -2.23. The van der Waals surface area contributed by atoms with Crippen LogP contribution >= 0.6 is 0 Å². The number of aromatic nitrogens is 1. The van der Waals surface area contributed by atoms with Crippen LogP contribution in [0.2, 0.25) is 0 Å². The Morgan fingerprint density at radius 1 is 0.767 bits per heavy atom. The zero-order valence-corrected chi connectivity index (χ0v) is 17.3. The van der Waals surface area contributed by atoms with E-state index in [9.17, 15) is 4.79 Å². The largest absolute Gasteiger partial charge is 0.497 e. The van der Waals surface area contributed by atoms with Crippen molar-refractivity contribution in [2.24, 2.45) is 0 Å². The Hall–Kier alpha value is -3.79. The molecule has 0 N–H and O–H groups in total. The monoisotopic (exact) mass is 397 g/mol. The van der Waals surface area contributed by atoms with Gasteiger partial charge >= 0.3 is 0 Å². The zero-order valence-electron chi connectivity index (χ0n) is 17.3. The van der Waals surface area contributed by atoms with Crippen LogP contribution in [0.5, 0.6) is 11.5 Å². The summed E-state index contributed by atoms with van der Waals surface area (Å²) in [6.07, 6.45) is 0. The predicted molar refractivity (Wildman–Crippen MR) is 121 cm³/mol. The SMILES string of the molecule is COc1ccc(OC)c(-c2c(C)c(=O)cc(-c3ccccc3)n2-c2ccccc2)c1. The molecular weight excluding hydrogens is 374 g/mol. The molecule has 0 unspecified atom stereocenters. The van der Waals surface area contributed by atoms with Gasteiger partial charge in [0, 0.05) is 22.9 Å². The maximum atomic E-state index is 13.1. The van der Waals surface area contributed by atoms with Crippen LogP contribution in [-0.4, -0.2) is 18.8 Å². The van der Waals surface area contributed by atoms with E-state index in [0.717, 1.165) is 28.2 Å². The Kier molecular flexibility index (Phi) is 5.40. The minimum absolute atomic E-state index is 0.0269. The quantitative estimate of drug-likeness (QED) is 0.447. The number of methoxy groups -OCH3 is 2. The summed E-state index contributed by atoms with van der Waals surface area (Å²) in [4.78, 5) is 13.1. The van der Waals surface area contributed by atoms with Crippen LogP contribution in [0.3, 0.4) is 0 Å². The number of rotatable bonds is 5. The number of pyridine rings is 1. The molecule has 4 rings (SSSR count). The Morgan fingerprint density at radius 2 is 1.43 bits per heavy atom. The van der Waals surface area contributed by atoms with Gasteiger partial charge in [0.05, 0.1) is 25.6 Å². The smallest absolute Gasteiger partial charge is 0.185 e. The van der Waals surface area contributed by atoms with Gasteiger partial charge in [-0.2, -0.15) is 0 Å². The topological polar surface area (TPSA) is 40.5 Å². The second-order valence-electron chi connectivity index (χ2n) is 6.97. The number of para-hydroxylation sites is 1. The van der Waals surface area contributed by atoms with Gasteiger partial charge in [0.25, 0.3) is 0 Å². The van der Waals surface area contributed by atoms with Crippen molar-refractivity contribution in [3.8, 4) is 39.7 Å². The number of hydrogen-bond acceptors (Lipinski definition) is 3. The van der Waals surface area contributed by atoms with Crippen LogP contribution in [0.1, 0.15) is 5.56 Å². The van der Waals surface area contributed by atoms with Crippen molar-refractivity contribution in [3.05, 3.63) is 101 Å². The zero-order chi connectivity index (χ0) is 21.1. The fourth-order valence-corrected chi connectivity index (χ4v) is 3.69. The highest BCUT2D eigenvalue weighted by atomic mass is 16.5. The first kappa shape index (κ1) is 19.5. The average molecular weight is 397 g/mol. The molecule has 1 heterocycles. The molecule has 0 bridgehead atoms. The third-order valence-corrected chi connectivity index (χ3v) is 5.20. The molecule has 0 aliphatic carbocycles. The van der Waals surface area contributed by atoms with Crippen molar-refractivity contribution in [2.45, 2.75) is 6.92 Å². The maximum Gasteiger partial charge on any atom is 0.185 e. The normalized spacial score (nSPS) is 10.6. The van der Waals surface area contributed by atoms with Crippen molar-refractivity contribution in [1.29, 1.82) is 0 Å². The first-order chi connectivity index (χ1) is 14.6. The molecule has 3 aromatic carbocycles. The van der Waals surface area contributed by atoms with Crippen LogP contribution < -0.4 is 14.9 Å². The molecule has 4 aromatic rings. The molecule has 0 amide bonds. The lowest BCUT2D eigenvalue weighted by molar-refractivity contribution is 0.404. The van der Waals surface area contributed by atoms with Crippen LogP contribution in [0.4, 0.5) is 0 Å². The van der Waals surface area contributed by atoms with Gasteiger partial charge in [-0.25, -0.2) is 0 Å². The molecule has 0 atom stereocenters. The molecule has 0 aliphatic heterocycles. The summed E-state index contributed by atoms with van der Waals surface area (Å²) in [5.41, 5.74) is 4.93. The van der Waals surface area contributed by atoms with E-state index < -0.39 is 0 Å². The van der Waals surface area contributed by atoms with Crippen LogP contribution in [0.25, 0.3) is 28.2 Å². The van der Waals surface area contributed by atoms with Gasteiger partial charge in [-0.1, -0.05) is 48.5 Å². The second kappa shape index (κ2) is 8.29. The summed E-state index contributed by atoms with van der Waals surface area (Å²) in [6.45, 7) is 1.85. The molecule has 150 valence electrons. The third kappa shape index (κ3) is 3.48. The number of ether oxygens (including phenoxy) is 2. The molecule has 0 radical (unpaired) electrons. The molecule has 0 aliphatic rings. The van der Waals surface area contributed by atoms with E-state index in [4.69, 9.17) is 9.47 Å². The van der Waals surface area contributed by atoms with Crippen LogP contribution in [0, 0.1) is 6.92 Å². The summed E-state index contributed by atoms with van der Waals surface area (Å²) in [5, 5.41) is 0. The van der Waals surface area contributed by atoms with Gasteiger partial charge in [0.1, 0.15) is 11.5 Å². The minimum atomic E-state index is -0.0269. The molecule has 1 aromatic heterocycles. The number of benzene rings is 3. The van der Waals surface area contributed by atoms with Gasteiger partial charge in [0.2, 0.25) is 0 Å². The van der Waals surface area contributed by atoms with Crippen molar-refractivity contribution >= 4 is 0 Å². The van der Waals surface area contributed by atoms with Crippen molar-refractivity contribution in [1.82, 2.24) is 4.57 Å². The molecule has 0 saturated heterocycles.